The lowest BCUT2D eigenvalue weighted by Gasteiger charge is -2.30. The third kappa shape index (κ3) is 6.36. The van der Waals surface area contributed by atoms with Gasteiger partial charge in [-0.1, -0.05) is 77.4 Å². The van der Waals surface area contributed by atoms with Crippen molar-refractivity contribution < 1.29 is 9.59 Å². The highest BCUT2D eigenvalue weighted by Crippen LogP contribution is 2.43. The van der Waals surface area contributed by atoms with Crippen molar-refractivity contribution >= 4 is 58.2 Å². The number of nitrogens with one attached hydrogen (secondary N) is 3. The van der Waals surface area contributed by atoms with Gasteiger partial charge < -0.3 is 16.0 Å². The molecule has 3 aromatic carbocycles. The highest BCUT2D eigenvalue weighted by Gasteiger charge is 2.35. The lowest BCUT2D eigenvalue weighted by atomic mass is 9.82. The Morgan fingerprint density at radius 3 is 2.38 bits per heavy atom. The molecule has 1 atom stereocenters. The molecule has 0 aliphatic carbocycles. The summed E-state index contributed by atoms with van der Waals surface area (Å²) in [6, 6.07) is 25.3. The van der Waals surface area contributed by atoms with Crippen LogP contribution >= 0.6 is 35.0 Å². The minimum atomic E-state index is -0.720. The highest BCUT2D eigenvalue weighted by atomic mass is 35.5. The lowest BCUT2D eigenvalue weighted by molar-refractivity contribution is -0.114. The molecule has 1 aliphatic rings. The number of dihydropyridines is 1. The summed E-state index contributed by atoms with van der Waals surface area (Å²) in [5, 5.41) is 20.5. The molecule has 0 saturated heterocycles. The van der Waals surface area contributed by atoms with E-state index in [2.05, 4.69) is 22.0 Å². The second-order valence-electron chi connectivity index (χ2n) is 8.14. The molecule has 0 saturated carbocycles. The smallest absolute Gasteiger partial charge is 0.254 e. The Kier molecular flexibility index (Phi) is 8.57. The fourth-order valence-electron chi connectivity index (χ4n) is 3.97. The first-order valence-electron chi connectivity index (χ1n) is 11.3. The van der Waals surface area contributed by atoms with Crippen molar-refractivity contribution in [1.82, 2.24) is 5.32 Å². The van der Waals surface area contributed by atoms with Crippen LogP contribution < -0.4 is 16.0 Å². The average molecular weight is 549 g/mol. The van der Waals surface area contributed by atoms with E-state index in [0.717, 1.165) is 0 Å². The van der Waals surface area contributed by atoms with Crippen molar-refractivity contribution in [3.05, 3.63) is 116 Å². The molecule has 3 aromatic rings. The maximum absolute atomic E-state index is 13.5. The molecule has 1 heterocycles. The normalized spacial score (nSPS) is 15.0. The number of hydrogen-bond donors (Lipinski definition) is 3. The van der Waals surface area contributed by atoms with E-state index >= 15 is 0 Å². The van der Waals surface area contributed by atoms with E-state index in [0.29, 0.717) is 48.9 Å². The van der Waals surface area contributed by atoms with Crippen molar-refractivity contribution in [2.75, 3.05) is 16.4 Å². The van der Waals surface area contributed by atoms with E-state index in [-0.39, 0.29) is 17.6 Å². The van der Waals surface area contributed by atoms with Gasteiger partial charge in [0.1, 0.15) is 0 Å². The van der Waals surface area contributed by atoms with Gasteiger partial charge >= 0.3 is 0 Å². The van der Waals surface area contributed by atoms with E-state index in [1.165, 1.54) is 11.8 Å². The van der Waals surface area contributed by atoms with E-state index in [1.54, 1.807) is 61.5 Å². The number of amides is 2. The van der Waals surface area contributed by atoms with Gasteiger partial charge in [-0.15, -0.1) is 0 Å². The first-order chi connectivity index (χ1) is 17.9. The number of hydrogen-bond acceptors (Lipinski definition) is 5. The van der Waals surface area contributed by atoms with Gasteiger partial charge in [0.05, 0.1) is 28.3 Å². The summed E-state index contributed by atoms with van der Waals surface area (Å²) in [6.07, 6.45) is 0. The second-order valence-corrected chi connectivity index (χ2v) is 9.97. The van der Waals surface area contributed by atoms with Gasteiger partial charge in [-0.2, -0.15) is 5.26 Å². The zero-order valence-electron chi connectivity index (χ0n) is 19.7. The minimum absolute atomic E-state index is 0.0358. The average Bonchev–Trinajstić information content (AvgIpc) is 2.88. The van der Waals surface area contributed by atoms with Gasteiger partial charge in [0.2, 0.25) is 5.91 Å². The molecule has 4 rings (SSSR count). The maximum Gasteiger partial charge on any atom is 0.254 e. The Labute approximate surface area is 229 Å². The number of benzene rings is 3. The van der Waals surface area contributed by atoms with Crippen LogP contribution in [0.15, 0.2) is 101 Å². The Morgan fingerprint density at radius 2 is 1.68 bits per heavy atom. The van der Waals surface area contributed by atoms with Gasteiger partial charge in [0.25, 0.3) is 5.91 Å². The van der Waals surface area contributed by atoms with Gasteiger partial charge in [-0.05, 0) is 48.9 Å². The molecular weight excluding hydrogens is 527 g/mol. The van der Waals surface area contributed by atoms with Crippen molar-refractivity contribution in [1.29, 1.82) is 5.26 Å². The predicted molar refractivity (Wildman–Crippen MR) is 150 cm³/mol. The van der Waals surface area contributed by atoms with Crippen LogP contribution in [0.2, 0.25) is 10.0 Å². The Bertz CT molecular complexity index is 1450. The molecule has 0 aromatic heterocycles. The molecule has 6 nitrogen and oxygen atoms in total. The standard InChI is InChI=1S/C28H22Cl2N4O2S/c1-17-25(27(36)34-19-9-3-2-4-10-19)26(21-12-5-6-13-23(21)30)22(15-31)28(32-17)37-16-24(35)33-20-11-7-8-18(29)14-20/h2-14,26,32H,16H2,1H3,(H,33,35)(H,34,36)/t26-/m1/s1. The summed E-state index contributed by atoms with van der Waals surface area (Å²) in [6.45, 7) is 1.77. The monoisotopic (exact) mass is 548 g/mol. The number of nitrogens with zero attached hydrogens (tertiary/aromatic N) is 1. The third-order valence-electron chi connectivity index (χ3n) is 5.60. The van der Waals surface area contributed by atoms with E-state index in [4.69, 9.17) is 23.2 Å². The molecule has 0 spiro atoms. The van der Waals surface area contributed by atoms with Crippen LogP contribution in [0.4, 0.5) is 11.4 Å². The Hall–Kier alpha value is -3.70. The zero-order valence-corrected chi connectivity index (χ0v) is 22.0. The number of para-hydroxylation sites is 1. The summed E-state index contributed by atoms with van der Waals surface area (Å²) in [4.78, 5) is 26.1. The Morgan fingerprint density at radius 1 is 0.973 bits per heavy atom. The summed E-state index contributed by atoms with van der Waals surface area (Å²) in [5.41, 5.74) is 3.08. The van der Waals surface area contributed by atoms with Crippen molar-refractivity contribution in [3.8, 4) is 6.07 Å². The second kappa shape index (κ2) is 12.0. The fourth-order valence-corrected chi connectivity index (χ4v) is 5.30. The van der Waals surface area contributed by atoms with Crippen molar-refractivity contribution in [3.63, 3.8) is 0 Å². The van der Waals surface area contributed by atoms with Crippen molar-refractivity contribution in [2.24, 2.45) is 0 Å². The van der Waals surface area contributed by atoms with Crippen LogP contribution in [0, 0.1) is 11.3 Å². The number of halogens is 2. The molecule has 0 unspecified atom stereocenters. The van der Waals surface area contributed by atoms with E-state index in [9.17, 15) is 14.9 Å². The number of carbonyl (C=O) groups is 2. The predicted octanol–water partition coefficient (Wildman–Crippen LogP) is 6.70. The van der Waals surface area contributed by atoms with Crippen LogP contribution in [0.1, 0.15) is 18.4 Å². The van der Waals surface area contributed by atoms with Gasteiger partial charge in [0, 0.05) is 32.7 Å². The molecule has 186 valence electrons. The molecule has 0 fully saturated rings. The number of allylic oxidation sites excluding steroid dienone is 2. The van der Waals surface area contributed by atoms with Crippen LogP contribution in [-0.2, 0) is 9.59 Å². The van der Waals surface area contributed by atoms with E-state index in [1.807, 2.05) is 24.3 Å². The number of rotatable bonds is 7. The van der Waals surface area contributed by atoms with Gasteiger partial charge in [-0.3, -0.25) is 9.59 Å². The zero-order chi connectivity index (χ0) is 26.4. The van der Waals surface area contributed by atoms with Gasteiger partial charge in [0.15, 0.2) is 0 Å². The maximum atomic E-state index is 13.5. The number of thioether (sulfide) groups is 1. The van der Waals surface area contributed by atoms with Crippen LogP contribution in [0.5, 0.6) is 0 Å². The number of nitriles is 1. The largest absolute Gasteiger partial charge is 0.353 e. The fraction of sp³-hybridized carbons (Fsp3) is 0.107. The highest BCUT2D eigenvalue weighted by molar-refractivity contribution is 8.03. The van der Waals surface area contributed by atoms with Crippen LogP contribution in [0.3, 0.4) is 0 Å². The molecule has 2 amide bonds. The molecule has 3 N–H and O–H groups in total. The van der Waals surface area contributed by atoms with Crippen LogP contribution in [0.25, 0.3) is 0 Å². The van der Waals surface area contributed by atoms with E-state index < -0.39 is 5.92 Å². The van der Waals surface area contributed by atoms with Gasteiger partial charge in [-0.25, -0.2) is 0 Å². The summed E-state index contributed by atoms with van der Waals surface area (Å²) in [5.74, 6) is -1.30. The number of carbonyl (C=O) groups excluding carboxylic acids is 2. The first-order valence-corrected chi connectivity index (χ1v) is 13.0. The molecule has 9 heteroatoms. The minimum Gasteiger partial charge on any atom is -0.353 e. The third-order valence-corrected chi connectivity index (χ3v) is 7.19. The SMILES string of the molecule is CC1=C(C(=O)Nc2ccccc2)[C@H](c2ccccc2Cl)C(C#N)=C(SCC(=O)Nc2cccc(Cl)c2)N1. The molecule has 0 bridgehead atoms. The molecular formula is C28H22Cl2N4O2S. The first kappa shape index (κ1) is 26.4. The summed E-state index contributed by atoms with van der Waals surface area (Å²) in [7, 11) is 0. The lowest BCUT2D eigenvalue weighted by Crippen LogP contribution is -2.31. The topological polar surface area (TPSA) is 94.0 Å². The Balaban J connectivity index is 1.64. The van der Waals surface area contributed by atoms with Crippen molar-refractivity contribution in [2.45, 2.75) is 12.8 Å². The molecule has 0 radical (unpaired) electrons. The number of anilines is 2. The van der Waals surface area contributed by atoms with Crippen LogP contribution in [-0.4, -0.2) is 17.6 Å². The molecule has 1 aliphatic heterocycles. The summed E-state index contributed by atoms with van der Waals surface area (Å²) < 4.78 is 0. The quantitative estimate of drug-likeness (QED) is 0.305. The summed E-state index contributed by atoms with van der Waals surface area (Å²) >= 11 is 13.7. The molecule has 37 heavy (non-hydrogen) atoms.